The lowest BCUT2D eigenvalue weighted by molar-refractivity contribution is -0.132. The molecule has 0 aliphatic carbocycles. The van der Waals surface area contributed by atoms with Gasteiger partial charge in [-0.05, 0) is 39.4 Å². The Morgan fingerprint density at radius 2 is 1.94 bits per heavy atom. The first-order valence-electron chi connectivity index (χ1n) is 11.1. The Bertz CT molecular complexity index is 1060. The molecular weight excluding hydrogens is 428 g/mol. The molecule has 4 heterocycles. The number of likely N-dealkylation sites (N-methyl/N-ethyl adjacent to an activating group) is 1. The molecule has 0 saturated carbocycles. The van der Waals surface area contributed by atoms with Crippen LogP contribution in [0.3, 0.4) is 0 Å². The van der Waals surface area contributed by atoms with Crippen molar-refractivity contribution < 1.29 is 13.2 Å². The molecule has 0 N–H and O–H groups in total. The summed E-state index contributed by atoms with van der Waals surface area (Å²) >= 11 is 0. The molecule has 0 bridgehead atoms. The quantitative estimate of drug-likeness (QED) is 0.636. The maximum Gasteiger partial charge on any atom is 0.236 e. The minimum atomic E-state index is -2.97. The third-order valence-corrected chi connectivity index (χ3v) is 8.22. The molecule has 0 radical (unpaired) electrons. The number of anilines is 1. The van der Waals surface area contributed by atoms with Gasteiger partial charge in [0, 0.05) is 50.2 Å². The zero-order valence-electron chi connectivity index (χ0n) is 19.1. The average molecular weight is 461 g/mol. The maximum absolute atomic E-state index is 12.9. The molecule has 1 unspecified atom stereocenters. The molecular formula is C22H32N6O3S. The lowest BCUT2D eigenvalue weighted by Gasteiger charge is -2.36. The fourth-order valence-corrected chi connectivity index (χ4v) is 6.32. The number of aryl methyl sites for hydroxylation is 1. The third-order valence-electron chi connectivity index (χ3n) is 6.47. The molecule has 1 atom stereocenters. The number of hydrogen-bond acceptors (Lipinski definition) is 7. The molecule has 2 aromatic rings. The monoisotopic (exact) mass is 460 g/mol. The summed E-state index contributed by atoms with van der Waals surface area (Å²) in [5, 5.41) is 4.64. The van der Waals surface area contributed by atoms with Crippen LogP contribution >= 0.6 is 0 Å². The fourth-order valence-electron chi connectivity index (χ4n) is 4.63. The summed E-state index contributed by atoms with van der Waals surface area (Å²) < 4.78 is 25.6. The predicted molar refractivity (Wildman–Crippen MR) is 123 cm³/mol. The van der Waals surface area contributed by atoms with Crippen LogP contribution in [0.4, 0.5) is 5.82 Å². The van der Waals surface area contributed by atoms with Crippen LogP contribution in [-0.2, 0) is 21.2 Å². The van der Waals surface area contributed by atoms with Crippen LogP contribution in [0.1, 0.15) is 29.4 Å². The molecule has 174 valence electrons. The number of carbonyl (C=O) groups excluding carboxylic acids is 1. The molecule has 1 amide bonds. The molecule has 9 nitrogen and oxygen atoms in total. The number of piperazine rings is 1. The molecule has 0 spiro atoms. The van der Waals surface area contributed by atoms with Crippen molar-refractivity contribution >= 4 is 21.6 Å². The summed E-state index contributed by atoms with van der Waals surface area (Å²) in [7, 11) is -1.02. The Morgan fingerprint density at radius 3 is 2.56 bits per heavy atom. The van der Waals surface area contributed by atoms with Crippen LogP contribution in [0.5, 0.6) is 0 Å². The molecule has 32 heavy (non-hydrogen) atoms. The van der Waals surface area contributed by atoms with Gasteiger partial charge < -0.3 is 9.80 Å². The molecule has 10 heteroatoms. The molecule has 4 rings (SSSR count). The summed E-state index contributed by atoms with van der Waals surface area (Å²) in [5.41, 5.74) is 2.97. The number of rotatable bonds is 6. The van der Waals surface area contributed by atoms with Gasteiger partial charge in [0.15, 0.2) is 9.84 Å². The number of hydrogen-bond donors (Lipinski definition) is 0. The van der Waals surface area contributed by atoms with Crippen LogP contribution in [0.15, 0.2) is 24.4 Å². The Morgan fingerprint density at radius 1 is 1.19 bits per heavy atom. The zero-order chi connectivity index (χ0) is 22.9. The fraction of sp³-hybridized carbons (Fsp3) is 0.591. The van der Waals surface area contributed by atoms with E-state index in [1.807, 2.05) is 53.6 Å². The van der Waals surface area contributed by atoms with Crippen molar-refractivity contribution in [2.75, 3.05) is 56.2 Å². The molecule has 0 aromatic carbocycles. The van der Waals surface area contributed by atoms with Gasteiger partial charge in [-0.15, -0.1) is 0 Å². The molecule has 2 fully saturated rings. The van der Waals surface area contributed by atoms with Gasteiger partial charge in [0.25, 0.3) is 0 Å². The van der Waals surface area contributed by atoms with Gasteiger partial charge in [-0.3, -0.25) is 14.4 Å². The summed E-state index contributed by atoms with van der Waals surface area (Å²) in [6.07, 6.45) is 2.40. The standard InChI is InChI=1S/C22H32N6O3S/c1-17-20(18(2)28(24-17)19-7-13-32(30,31)16-19)14-25(3)15-22(29)27-11-9-26(10-12-27)21-6-4-5-8-23-21/h4-6,8,19H,7,9-16H2,1-3H3. The average Bonchev–Trinajstić information content (AvgIpc) is 3.27. The number of amides is 1. The van der Waals surface area contributed by atoms with Crippen LogP contribution in [-0.4, -0.2) is 90.2 Å². The van der Waals surface area contributed by atoms with Gasteiger partial charge in [-0.1, -0.05) is 6.07 Å². The van der Waals surface area contributed by atoms with E-state index < -0.39 is 9.84 Å². The highest BCUT2D eigenvalue weighted by molar-refractivity contribution is 7.91. The van der Waals surface area contributed by atoms with Crippen molar-refractivity contribution in [2.45, 2.75) is 32.9 Å². The first kappa shape index (κ1) is 22.7. The van der Waals surface area contributed by atoms with Crippen molar-refractivity contribution in [3.8, 4) is 0 Å². The second-order valence-electron chi connectivity index (χ2n) is 8.88. The number of sulfone groups is 1. The molecule has 2 saturated heterocycles. The largest absolute Gasteiger partial charge is 0.353 e. The second-order valence-corrected chi connectivity index (χ2v) is 11.1. The van der Waals surface area contributed by atoms with Crippen LogP contribution in [0.2, 0.25) is 0 Å². The van der Waals surface area contributed by atoms with Crippen LogP contribution < -0.4 is 4.90 Å². The van der Waals surface area contributed by atoms with Crippen molar-refractivity contribution in [1.29, 1.82) is 0 Å². The van der Waals surface area contributed by atoms with E-state index in [0.29, 0.717) is 32.6 Å². The van der Waals surface area contributed by atoms with Crippen LogP contribution in [0, 0.1) is 13.8 Å². The summed E-state index contributed by atoms with van der Waals surface area (Å²) in [6.45, 7) is 7.83. The van der Waals surface area contributed by atoms with E-state index in [-0.39, 0.29) is 23.5 Å². The highest BCUT2D eigenvalue weighted by atomic mass is 32.2. The van der Waals surface area contributed by atoms with E-state index in [0.717, 1.165) is 35.9 Å². The Labute approximate surface area is 189 Å². The highest BCUT2D eigenvalue weighted by Gasteiger charge is 2.31. The van der Waals surface area contributed by atoms with E-state index in [1.54, 1.807) is 6.20 Å². The number of nitrogens with zero attached hydrogens (tertiary/aromatic N) is 6. The zero-order valence-corrected chi connectivity index (χ0v) is 19.9. The highest BCUT2D eigenvalue weighted by Crippen LogP contribution is 2.27. The van der Waals surface area contributed by atoms with E-state index in [2.05, 4.69) is 15.0 Å². The SMILES string of the molecule is Cc1nn(C2CCS(=O)(=O)C2)c(C)c1CN(C)CC(=O)N1CCN(c2ccccn2)CC1. The second kappa shape index (κ2) is 9.19. The van der Waals surface area contributed by atoms with E-state index in [1.165, 1.54) is 0 Å². The predicted octanol–water partition coefficient (Wildman–Crippen LogP) is 1.04. The smallest absolute Gasteiger partial charge is 0.236 e. The number of carbonyl (C=O) groups is 1. The van der Waals surface area contributed by atoms with Crippen molar-refractivity contribution in [3.05, 3.63) is 41.3 Å². The Kier molecular flexibility index (Phi) is 6.52. The first-order chi connectivity index (χ1) is 15.2. The van der Waals surface area contributed by atoms with Crippen molar-refractivity contribution in [3.63, 3.8) is 0 Å². The molecule has 2 aromatic heterocycles. The molecule has 2 aliphatic heterocycles. The number of aromatic nitrogens is 3. The van der Waals surface area contributed by atoms with Crippen molar-refractivity contribution in [2.24, 2.45) is 0 Å². The van der Waals surface area contributed by atoms with Crippen LogP contribution in [0.25, 0.3) is 0 Å². The lowest BCUT2D eigenvalue weighted by atomic mass is 10.1. The minimum absolute atomic E-state index is 0.0882. The topological polar surface area (TPSA) is 91.6 Å². The maximum atomic E-state index is 12.9. The van der Waals surface area contributed by atoms with Gasteiger partial charge >= 0.3 is 0 Å². The Hall–Kier alpha value is -2.46. The summed E-state index contributed by atoms with van der Waals surface area (Å²) in [5.74, 6) is 1.47. The van der Waals surface area contributed by atoms with Gasteiger partial charge in [0.1, 0.15) is 5.82 Å². The van der Waals surface area contributed by atoms with Gasteiger partial charge in [0.05, 0.1) is 29.8 Å². The minimum Gasteiger partial charge on any atom is -0.353 e. The number of pyridine rings is 1. The van der Waals surface area contributed by atoms with E-state index in [4.69, 9.17) is 0 Å². The summed E-state index contributed by atoms with van der Waals surface area (Å²) in [6, 6.07) is 5.79. The van der Waals surface area contributed by atoms with E-state index >= 15 is 0 Å². The van der Waals surface area contributed by atoms with Gasteiger partial charge in [0.2, 0.25) is 5.91 Å². The van der Waals surface area contributed by atoms with Gasteiger partial charge in [-0.25, -0.2) is 13.4 Å². The normalized spacial score (nSPS) is 20.8. The lowest BCUT2D eigenvalue weighted by Crippen LogP contribution is -2.51. The third kappa shape index (κ3) is 4.96. The van der Waals surface area contributed by atoms with Crippen molar-refractivity contribution in [1.82, 2.24) is 24.6 Å². The molecule has 2 aliphatic rings. The van der Waals surface area contributed by atoms with E-state index in [9.17, 15) is 13.2 Å². The summed E-state index contributed by atoms with van der Waals surface area (Å²) in [4.78, 5) is 23.4. The first-order valence-corrected chi connectivity index (χ1v) is 12.9. The Balaban J connectivity index is 1.32. The van der Waals surface area contributed by atoms with Gasteiger partial charge in [-0.2, -0.15) is 5.10 Å².